The summed E-state index contributed by atoms with van der Waals surface area (Å²) < 4.78 is 43.8. The third kappa shape index (κ3) is 4.62. The minimum Gasteiger partial charge on any atom is -0.436 e. The molecule has 0 atom stereocenters. The number of hydrogen-bond acceptors (Lipinski definition) is 5. The zero-order chi connectivity index (χ0) is 21.8. The summed E-state index contributed by atoms with van der Waals surface area (Å²) >= 11 is 0. The number of hydrogen-bond donors (Lipinski definition) is 2. The molecule has 0 radical (unpaired) electrons. The van der Waals surface area contributed by atoms with Gasteiger partial charge in [-0.25, -0.2) is 4.39 Å². The van der Waals surface area contributed by atoms with E-state index < -0.39 is 21.7 Å². The van der Waals surface area contributed by atoms with Crippen LogP contribution in [-0.4, -0.2) is 14.3 Å². The van der Waals surface area contributed by atoms with Crippen LogP contribution in [0.1, 0.15) is 10.4 Å². The average Bonchev–Trinajstić information content (AvgIpc) is 2.79. The zero-order valence-corrected chi connectivity index (χ0v) is 16.8. The third-order valence-electron chi connectivity index (χ3n) is 4.32. The molecular weight excluding hydrogens is 421 g/mol. The molecule has 156 valence electrons. The monoisotopic (exact) mass is 437 g/mol. The molecule has 0 aliphatic heterocycles. The number of anilines is 1. The Bertz CT molecular complexity index is 1420. The molecule has 0 spiro atoms. The van der Waals surface area contributed by atoms with Gasteiger partial charge in [0.25, 0.3) is 15.9 Å². The van der Waals surface area contributed by atoms with E-state index in [-0.39, 0.29) is 16.0 Å². The van der Waals surface area contributed by atoms with Gasteiger partial charge in [0.05, 0.1) is 4.90 Å². The molecule has 4 rings (SSSR count). The molecule has 0 saturated carbocycles. The van der Waals surface area contributed by atoms with Gasteiger partial charge < -0.3 is 9.73 Å². The van der Waals surface area contributed by atoms with Crippen molar-refractivity contribution in [3.63, 3.8) is 0 Å². The van der Waals surface area contributed by atoms with Crippen LogP contribution in [0.15, 0.2) is 99.3 Å². The maximum absolute atomic E-state index is 13.1. The molecule has 1 amide bonds. The topological polar surface area (TPSA) is 101 Å². The van der Waals surface area contributed by atoms with Crippen LogP contribution in [0.2, 0.25) is 0 Å². The number of fused-ring (bicyclic) bond motifs is 1. The molecular formula is C22H16FN3O4S. The number of carbonyl (C=O) groups is 1. The second kappa shape index (κ2) is 8.41. The van der Waals surface area contributed by atoms with Gasteiger partial charge in [0.15, 0.2) is 0 Å². The van der Waals surface area contributed by atoms with Crippen molar-refractivity contribution in [2.45, 2.75) is 4.90 Å². The molecule has 7 nitrogen and oxygen atoms in total. The highest BCUT2D eigenvalue weighted by Gasteiger charge is 2.16. The lowest BCUT2D eigenvalue weighted by molar-refractivity contribution is 0.102. The van der Waals surface area contributed by atoms with Crippen molar-refractivity contribution < 1.29 is 22.0 Å². The first-order chi connectivity index (χ1) is 14.9. The van der Waals surface area contributed by atoms with Gasteiger partial charge in [-0.15, -0.1) is 5.10 Å². The minimum atomic E-state index is -3.97. The van der Waals surface area contributed by atoms with Crippen LogP contribution in [0.3, 0.4) is 0 Å². The fourth-order valence-corrected chi connectivity index (χ4v) is 3.62. The van der Waals surface area contributed by atoms with E-state index in [1.54, 1.807) is 42.5 Å². The van der Waals surface area contributed by atoms with Gasteiger partial charge in [-0.2, -0.15) is 13.2 Å². The van der Waals surface area contributed by atoms with Crippen LogP contribution in [0.5, 0.6) is 0 Å². The Hall–Kier alpha value is -3.98. The van der Waals surface area contributed by atoms with E-state index >= 15 is 0 Å². The number of carbonyl (C=O) groups excluding carboxylic acids is 1. The number of para-hydroxylation sites is 1. The largest absolute Gasteiger partial charge is 0.436 e. The summed E-state index contributed by atoms with van der Waals surface area (Å²) in [5.74, 6) is -1.04. The molecule has 0 unspecified atom stereocenters. The Kier molecular flexibility index (Phi) is 5.50. The van der Waals surface area contributed by atoms with Gasteiger partial charge in [0.1, 0.15) is 17.0 Å². The first-order valence-electron chi connectivity index (χ1n) is 9.13. The normalized spacial score (nSPS) is 12.0. The van der Waals surface area contributed by atoms with Crippen molar-refractivity contribution >= 4 is 32.6 Å². The quantitative estimate of drug-likeness (QED) is 0.466. The molecule has 0 aliphatic rings. The highest BCUT2D eigenvalue weighted by Crippen LogP contribution is 2.15. The van der Waals surface area contributed by atoms with Crippen LogP contribution >= 0.6 is 0 Å². The van der Waals surface area contributed by atoms with E-state index in [1.807, 2.05) is 0 Å². The van der Waals surface area contributed by atoms with E-state index in [0.717, 1.165) is 0 Å². The molecule has 4 aromatic rings. The summed E-state index contributed by atoms with van der Waals surface area (Å²) in [5, 5.41) is 7.09. The van der Waals surface area contributed by atoms with Crippen molar-refractivity contribution in [3.8, 4) is 0 Å². The minimum absolute atomic E-state index is 0.00112. The number of halogens is 1. The highest BCUT2D eigenvalue weighted by molar-refractivity contribution is 7.89. The Morgan fingerprint density at radius 2 is 1.58 bits per heavy atom. The van der Waals surface area contributed by atoms with Crippen LogP contribution in [0, 0.1) is 5.82 Å². The molecule has 0 aliphatic carbocycles. The first-order valence-corrected chi connectivity index (χ1v) is 10.6. The number of nitrogens with one attached hydrogen (secondary N) is 2. The molecule has 9 heteroatoms. The van der Waals surface area contributed by atoms with Crippen molar-refractivity contribution in [1.29, 1.82) is 0 Å². The molecule has 0 saturated heterocycles. The van der Waals surface area contributed by atoms with E-state index in [0.29, 0.717) is 16.7 Å². The van der Waals surface area contributed by atoms with Gasteiger partial charge in [0.2, 0.25) is 5.55 Å². The number of nitrogens with zero attached hydrogens (tertiary/aromatic N) is 1. The SMILES string of the molecule is O=C(Nc1ccc(F)cc1)c1cc2ccccc2oc1=NNS(=O)(=O)c1ccccc1. The average molecular weight is 437 g/mol. The van der Waals surface area contributed by atoms with Crippen LogP contribution < -0.4 is 15.7 Å². The lowest BCUT2D eigenvalue weighted by Crippen LogP contribution is -2.27. The summed E-state index contributed by atoms with van der Waals surface area (Å²) in [5.41, 5.74) is 0.547. The van der Waals surface area contributed by atoms with Crippen LogP contribution in [-0.2, 0) is 10.0 Å². The Morgan fingerprint density at radius 3 is 2.32 bits per heavy atom. The second-order valence-corrected chi connectivity index (χ2v) is 8.14. The van der Waals surface area contributed by atoms with Crippen molar-refractivity contribution in [2.75, 3.05) is 5.32 Å². The first kappa shape index (κ1) is 20.3. The Morgan fingerprint density at radius 1 is 0.903 bits per heavy atom. The summed E-state index contributed by atoms with van der Waals surface area (Å²) in [7, 11) is -3.97. The number of sulfonamides is 1. The van der Waals surface area contributed by atoms with E-state index in [9.17, 15) is 17.6 Å². The fourth-order valence-electron chi connectivity index (χ4n) is 2.80. The summed E-state index contributed by atoms with van der Waals surface area (Å²) in [6.07, 6.45) is 0. The molecule has 31 heavy (non-hydrogen) atoms. The maximum Gasteiger partial charge on any atom is 0.276 e. The lowest BCUT2D eigenvalue weighted by atomic mass is 10.1. The van der Waals surface area contributed by atoms with Gasteiger partial charge in [-0.05, 0) is 48.5 Å². The third-order valence-corrected chi connectivity index (χ3v) is 5.55. The van der Waals surface area contributed by atoms with Gasteiger partial charge in [0, 0.05) is 11.1 Å². The lowest BCUT2D eigenvalue weighted by Gasteiger charge is -2.07. The van der Waals surface area contributed by atoms with Crippen molar-refractivity contribution in [3.05, 3.63) is 102 Å². The fraction of sp³-hybridized carbons (Fsp3) is 0. The highest BCUT2D eigenvalue weighted by atomic mass is 32.2. The standard InChI is InChI=1S/C22H16FN3O4S/c23-16-10-12-17(13-11-16)24-21(27)19-14-15-6-4-5-9-20(15)30-22(19)25-26-31(28,29)18-7-2-1-3-8-18/h1-14,26H,(H,24,27). The molecule has 1 heterocycles. The van der Waals surface area contributed by atoms with E-state index in [1.165, 1.54) is 42.5 Å². The maximum atomic E-state index is 13.1. The second-order valence-electron chi connectivity index (χ2n) is 6.48. The molecule has 1 aromatic heterocycles. The predicted molar refractivity (Wildman–Crippen MR) is 113 cm³/mol. The zero-order valence-electron chi connectivity index (χ0n) is 15.9. The van der Waals surface area contributed by atoms with Gasteiger partial charge in [-0.1, -0.05) is 36.4 Å². The van der Waals surface area contributed by atoms with Crippen molar-refractivity contribution in [1.82, 2.24) is 4.83 Å². The van der Waals surface area contributed by atoms with Gasteiger partial charge >= 0.3 is 0 Å². The molecule has 2 N–H and O–H groups in total. The van der Waals surface area contributed by atoms with Crippen molar-refractivity contribution in [2.24, 2.45) is 5.10 Å². The Balaban J connectivity index is 1.75. The van der Waals surface area contributed by atoms with Gasteiger partial charge in [-0.3, -0.25) is 4.79 Å². The number of amides is 1. The molecule has 0 fully saturated rings. The van der Waals surface area contributed by atoms with Crippen LogP contribution in [0.4, 0.5) is 10.1 Å². The Labute approximate surface area is 176 Å². The predicted octanol–water partition coefficient (Wildman–Crippen LogP) is 3.62. The van der Waals surface area contributed by atoms with E-state index in [4.69, 9.17) is 4.42 Å². The summed E-state index contributed by atoms with van der Waals surface area (Å²) in [6, 6.07) is 21.4. The number of benzene rings is 3. The number of rotatable bonds is 5. The van der Waals surface area contributed by atoms with E-state index in [2.05, 4.69) is 15.2 Å². The van der Waals surface area contributed by atoms with Crippen LogP contribution in [0.25, 0.3) is 11.0 Å². The molecule has 3 aromatic carbocycles. The summed E-state index contributed by atoms with van der Waals surface area (Å²) in [6.45, 7) is 0. The smallest absolute Gasteiger partial charge is 0.276 e. The summed E-state index contributed by atoms with van der Waals surface area (Å²) in [4.78, 5) is 15.0. The molecule has 0 bridgehead atoms.